The lowest BCUT2D eigenvalue weighted by Gasteiger charge is -2.29. The number of hydrogen-bond acceptors (Lipinski definition) is 6. The molecule has 29 heavy (non-hydrogen) atoms. The van der Waals surface area contributed by atoms with E-state index in [0.717, 1.165) is 12.8 Å². The van der Waals surface area contributed by atoms with Gasteiger partial charge in [0.2, 0.25) is 10.0 Å². The molecule has 1 aliphatic heterocycles. The minimum atomic E-state index is -3.56. The molecule has 1 aromatic heterocycles. The van der Waals surface area contributed by atoms with Gasteiger partial charge in [0.15, 0.2) is 0 Å². The Labute approximate surface area is 174 Å². The summed E-state index contributed by atoms with van der Waals surface area (Å²) in [5.41, 5.74) is 0.600. The lowest BCUT2D eigenvalue weighted by molar-refractivity contribution is 0.0528. The van der Waals surface area contributed by atoms with Gasteiger partial charge < -0.3 is 10.1 Å². The molecular formula is C20H24N2O5S2. The van der Waals surface area contributed by atoms with Crippen molar-refractivity contribution in [3.8, 4) is 0 Å². The molecule has 9 heteroatoms. The minimum absolute atomic E-state index is 0.173. The zero-order valence-electron chi connectivity index (χ0n) is 16.4. The van der Waals surface area contributed by atoms with Crippen molar-refractivity contribution >= 4 is 38.2 Å². The topological polar surface area (TPSA) is 92.8 Å². The van der Waals surface area contributed by atoms with Crippen LogP contribution in [0, 0.1) is 5.92 Å². The molecule has 1 aromatic carbocycles. The smallest absolute Gasteiger partial charge is 0.341 e. The van der Waals surface area contributed by atoms with Crippen LogP contribution in [0.1, 0.15) is 47.4 Å². The van der Waals surface area contributed by atoms with Gasteiger partial charge in [0.05, 0.1) is 17.1 Å². The number of carbonyl (C=O) groups excluding carboxylic acids is 2. The zero-order valence-corrected chi connectivity index (χ0v) is 18.0. The summed E-state index contributed by atoms with van der Waals surface area (Å²) >= 11 is 1.22. The van der Waals surface area contributed by atoms with Crippen LogP contribution < -0.4 is 5.32 Å². The van der Waals surface area contributed by atoms with Gasteiger partial charge in [0.25, 0.3) is 5.91 Å². The predicted octanol–water partition coefficient (Wildman–Crippen LogP) is 3.60. The summed E-state index contributed by atoms with van der Waals surface area (Å²) in [5, 5.41) is 4.78. The van der Waals surface area contributed by atoms with Crippen molar-refractivity contribution in [3.05, 3.63) is 46.8 Å². The number of amides is 1. The highest BCUT2D eigenvalue weighted by Gasteiger charge is 2.28. The van der Waals surface area contributed by atoms with E-state index in [9.17, 15) is 18.0 Å². The molecule has 2 aromatic rings. The molecule has 0 bridgehead atoms. The summed E-state index contributed by atoms with van der Waals surface area (Å²) in [6.45, 7) is 5.11. The molecule has 3 rings (SSSR count). The Kier molecular flexibility index (Phi) is 6.71. The summed E-state index contributed by atoms with van der Waals surface area (Å²) in [5.74, 6) is -0.389. The first-order chi connectivity index (χ1) is 13.8. The monoisotopic (exact) mass is 436 g/mol. The van der Waals surface area contributed by atoms with Crippen molar-refractivity contribution in [2.24, 2.45) is 5.92 Å². The lowest BCUT2D eigenvalue weighted by atomic mass is 10.0. The van der Waals surface area contributed by atoms with Crippen LogP contribution in [0.3, 0.4) is 0 Å². The van der Waals surface area contributed by atoms with Gasteiger partial charge in [-0.2, -0.15) is 4.31 Å². The number of esters is 1. The number of benzene rings is 1. The van der Waals surface area contributed by atoms with Gasteiger partial charge in [-0.3, -0.25) is 4.79 Å². The van der Waals surface area contributed by atoms with Crippen molar-refractivity contribution in [2.45, 2.75) is 31.6 Å². The van der Waals surface area contributed by atoms with Crippen molar-refractivity contribution in [3.63, 3.8) is 0 Å². The third-order valence-electron chi connectivity index (χ3n) is 4.88. The highest BCUT2D eigenvalue weighted by atomic mass is 32.2. The number of sulfonamides is 1. The van der Waals surface area contributed by atoms with E-state index < -0.39 is 21.9 Å². The van der Waals surface area contributed by atoms with E-state index in [1.807, 2.05) is 0 Å². The second kappa shape index (κ2) is 9.06. The number of hydrogen-bond donors (Lipinski definition) is 1. The summed E-state index contributed by atoms with van der Waals surface area (Å²) < 4.78 is 32.1. The van der Waals surface area contributed by atoms with Crippen molar-refractivity contribution < 1.29 is 22.7 Å². The van der Waals surface area contributed by atoms with E-state index in [4.69, 9.17) is 4.74 Å². The van der Waals surface area contributed by atoms with E-state index in [1.54, 1.807) is 18.4 Å². The maximum Gasteiger partial charge on any atom is 0.341 e. The zero-order chi connectivity index (χ0) is 21.0. The summed E-state index contributed by atoms with van der Waals surface area (Å²) in [4.78, 5) is 24.6. The number of piperidine rings is 1. The third kappa shape index (κ3) is 4.85. The number of nitrogens with zero attached hydrogens (tertiary/aromatic N) is 1. The first kappa shape index (κ1) is 21.5. The second-order valence-corrected chi connectivity index (χ2v) is 9.80. The second-order valence-electron chi connectivity index (χ2n) is 6.95. The van der Waals surface area contributed by atoms with Crippen LogP contribution in [-0.4, -0.2) is 44.3 Å². The minimum Gasteiger partial charge on any atom is -0.462 e. The van der Waals surface area contributed by atoms with Gasteiger partial charge in [0.1, 0.15) is 5.00 Å². The SMILES string of the molecule is CCOC(=O)c1ccsc1NC(=O)c1ccc(S(=O)(=O)N2CCC(C)CC2)cc1. The van der Waals surface area contributed by atoms with Crippen LogP contribution in [0.2, 0.25) is 0 Å². The standard InChI is InChI=1S/C20H24N2O5S2/c1-3-27-20(24)17-10-13-28-19(17)21-18(23)15-4-6-16(7-5-15)29(25,26)22-11-8-14(2)9-12-22/h4-7,10,13-14H,3,8-9,11-12H2,1-2H3,(H,21,23). The van der Waals surface area contributed by atoms with Crippen molar-refractivity contribution in [1.82, 2.24) is 4.31 Å². The number of nitrogens with one attached hydrogen (secondary N) is 1. The predicted molar refractivity (Wildman–Crippen MR) is 112 cm³/mol. The first-order valence-electron chi connectivity index (χ1n) is 9.49. The quantitative estimate of drug-likeness (QED) is 0.699. The lowest BCUT2D eigenvalue weighted by Crippen LogP contribution is -2.37. The fourth-order valence-corrected chi connectivity index (χ4v) is 5.34. The maximum atomic E-state index is 12.8. The molecule has 156 valence electrons. The van der Waals surface area contributed by atoms with Gasteiger partial charge in [-0.25, -0.2) is 13.2 Å². The molecule has 0 atom stereocenters. The largest absolute Gasteiger partial charge is 0.462 e. The highest BCUT2D eigenvalue weighted by Crippen LogP contribution is 2.26. The summed E-state index contributed by atoms with van der Waals surface area (Å²) in [6, 6.07) is 7.44. The molecule has 0 saturated carbocycles. The Hall–Kier alpha value is -2.23. The number of carbonyl (C=O) groups is 2. The molecule has 0 radical (unpaired) electrons. The first-order valence-corrected chi connectivity index (χ1v) is 11.8. The van der Waals surface area contributed by atoms with Crippen LogP contribution in [0.4, 0.5) is 5.00 Å². The van der Waals surface area contributed by atoms with Crippen molar-refractivity contribution in [1.29, 1.82) is 0 Å². The van der Waals surface area contributed by atoms with E-state index >= 15 is 0 Å². The average Bonchev–Trinajstić information content (AvgIpc) is 3.17. The van der Waals surface area contributed by atoms with Crippen LogP contribution in [0.15, 0.2) is 40.6 Å². The van der Waals surface area contributed by atoms with E-state index in [1.165, 1.54) is 39.9 Å². The van der Waals surface area contributed by atoms with Crippen molar-refractivity contribution in [2.75, 3.05) is 25.0 Å². The summed E-state index contributed by atoms with van der Waals surface area (Å²) in [7, 11) is -3.56. The fraction of sp³-hybridized carbons (Fsp3) is 0.400. The average molecular weight is 437 g/mol. The van der Waals surface area contributed by atoms with E-state index in [-0.39, 0.29) is 11.5 Å². The number of anilines is 1. The number of thiophene rings is 1. The number of ether oxygens (including phenoxy) is 1. The van der Waals surface area contributed by atoms with Gasteiger partial charge >= 0.3 is 5.97 Å². The van der Waals surface area contributed by atoms with Gasteiger partial charge in [-0.15, -0.1) is 11.3 Å². The molecule has 7 nitrogen and oxygen atoms in total. The molecule has 2 heterocycles. The van der Waals surface area contributed by atoms with Gasteiger partial charge in [-0.05, 0) is 61.4 Å². The molecular weight excluding hydrogens is 412 g/mol. The van der Waals surface area contributed by atoms with E-state index in [0.29, 0.717) is 35.1 Å². The Morgan fingerprint density at radius 3 is 2.45 bits per heavy atom. The van der Waals surface area contributed by atoms with Gasteiger partial charge in [0, 0.05) is 18.7 Å². The molecule has 0 unspecified atom stereocenters. The Morgan fingerprint density at radius 2 is 1.83 bits per heavy atom. The van der Waals surface area contributed by atoms with Crippen LogP contribution >= 0.6 is 11.3 Å². The molecule has 1 fully saturated rings. The molecule has 0 spiro atoms. The van der Waals surface area contributed by atoms with Crippen LogP contribution in [-0.2, 0) is 14.8 Å². The molecule has 0 aliphatic carbocycles. The maximum absolute atomic E-state index is 12.8. The normalized spacial score (nSPS) is 15.8. The van der Waals surface area contributed by atoms with Crippen LogP contribution in [0.25, 0.3) is 0 Å². The van der Waals surface area contributed by atoms with Crippen LogP contribution in [0.5, 0.6) is 0 Å². The molecule has 1 saturated heterocycles. The Bertz CT molecular complexity index is 975. The van der Waals surface area contributed by atoms with Gasteiger partial charge in [-0.1, -0.05) is 6.92 Å². The fourth-order valence-electron chi connectivity index (χ4n) is 3.10. The molecule has 1 N–H and O–H groups in total. The molecule has 1 aliphatic rings. The van der Waals surface area contributed by atoms with E-state index in [2.05, 4.69) is 12.2 Å². The number of rotatable bonds is 6. The third-order valence-corrected chi connectivity index (χ3v) is 7.63. The summed E-state index contributed by atoms with van der Waals surface area (Å²) in [6.07, 6.45) is 1.70. The highest BCUT2D eigenvalue weighted by molar-refractivity contribution is 7.89. The molecule has 1 amide bonds. The Balaban J connectivity index is 1.71. The Morgan fingerprint density at radius 1 is 1.17 bits per heavy atom.